The van der Waals surface area contributed by atoms with E-state index in [0.717, 1.165) is 40.7 Å². The summed E-state index contributed by atoms with van der Waals surface area (Å²) in [5, 5.41) is 16.7. The molecule has 0 radical (unpaired) electrons. The topological polar surface area (TPSA) is 118 Å². The molecule has 0 unspecified atom stereocenters. The molecule has 1 saturated heterocycles. The molecular weight excluding hydrogens is 469 g/mol. The largest absolute Gasteiger partial charge is 0.338 e. The number of hydrogen-bond acceptors (Lipinski definition) is 8. The molecule has 1 N–H and O–H groups in total. The molecule has 12 heteroatoms. The highest BCUT2D eigenvalue weighted by molar-refractivity contribution is 7.13. The first kappa shape index (κ1) is 22.9. The van der Waals surface area contributed by atoms with Crippen molar-refractivity contribution >= 4 is 45.9 Å². The number of likely N-dealkylation sites (tertiary alicyclic amines) is 1. The predicted octanol–water partition coefficient (Wildman–Crippen LogP) is 4.54. The van der Waals surface area contributed by atoms with Gasteiger partial charge in [-0.2, -0.15) is 4.39 Å². The number of nitrogens with one attached hydrogen (secondary N) is 1. The van der Waals surface area contributed by atoms with Crippen LogP contribution in [0, 0.1) is 29.8 Å². The molecule has 1 aliphatic rings. The Morgan fingerprint density at radius 1 is 1.24 bits per heavy atom. The quantitative estimate of drug-likeness (QED) is 0.415. The predicted molar refractivity (Wildman–Crippen MR) is 123 cm³/mol. The fourth-order valence-electron chi connectivity index (χ4n) is 3.71. The van der Waals surface area contributed by atoms with Gasteiger partial charge in [0, 0.05) is 36.1 Å². The van der Waals surface area contributed by atoms with E-state index in [-0.39, 0.29) is 23.2 Å². The number of hydrogen-bond donors (Lipinski definition) is 1. The summed E-state index contributed by atoms with van der Waals surface area (Å²) in [5.74, 6) is -1.36. The third-order valence-electron chi connectivity index (χ3n) is 5.38. The summed E-state index contributed by atoms with van der Waals surface area (Å²) in [5.41, 5.74) is 0.350. The molecule has 0 atom stereocenters. The summed E-state index contributed by atoms with van der Waals surface area (Å²) in [6.45, 7) is 4.92. The normalized spacial score (nSPS) is 14.3. The van der Waals surface area contributed by atoms with E-state index in [2.05, 4.69) is 15.3 Å². The van der Waals surface area contributed by atoms with Crippen molar-refractivity contribution in [3.63, 3.8) is 0 Å². The van der Waals surface area contributed by atoms with E-state index in [4.69, 9.17) is 0 Å². The Kier molecular flexibility index (Phi) is 6.47. The van der Waals surface area contributed by atoms with Gasteiger partial charge in [0.05, 0.1) is 20.6 Å². The number of aromatic nitrogens is 2. The van der Waals surface area contributed by atoms with E-state index < -0.39 is 22.3 Å². The molecule has 1 aromatic carbocycles. The lowest BCUT2D eigenvalue weighted by Gasteiger charge is -2.30. The summed E-state index contributed by atoms with van der Waals surface area (Å²) >= 11 is 2.77. The number of nitrogens with zero attached hydrogens (tertiary/aromatic N) is 4. The number of amides is 2. The second kappa shape index (κ2) is 9.32. The van der Waals surface area contributed by atoms with Crippen molar-refractivity contribution in [3.05, 3.63) is 65.8 Å². The minimum absolute atomic E-state index is 0.00384. The summed E-state index contributed by atoms with van der Waals surface area (Å²) in [7, 11) is 0. The van der Waals surface area contributed by atoms with Crippen LogP contribution < -0.4 is 5.32 Å². The molecule has 2 aromatic heterocycles. The van der Waals surface area contributed by atoms with Gasteiger partial charge in [0.25, 0.3) is 11.8 Å². The van der Waals surface area contributed by atoms with Crippen LogP contribution in [-0.4, -0.2) is 44.7 Å². The van der Waals surface area contributed by atoms with Gasteiger partial charge >= 0.3 is 5.69 Å². The first-order chi connectivity index (χ1) is 15.7. The Labute approximate surface area is 196 Å². The molecular formula is C21H20FN5O4S2. The van der Waals surface area contributed by atoms with Gasteiger partial charge in [0.1, 0.15) is 10.6 Å². The van der Waals surface area contributed by atoms with Crippen LogP contribution in [0.15, 0.2) is 23.6 Å². The highest BCUT2D eigenvalue weighted by Crippen LogP contribution is 2.32. The Morgan fingerprint density at radius 2 is 1.97 bits per heavy atom. The lowest BCUT2D eigenvalue weighted by molar-refractivity contribution is -0.387. The highest BCUT2D eigenvalue weighted by atomic mass is 32.1. The molecule has 172 valence electrons. The van der Waals surface area contributed by atoms with Crippen LogP contribution in [0.3, 0.4) is 0 Å². The van der Waals surface area contributed by atoms with Crippen molar-refractivity contribution in [2.24, 2.45) is 0 Å². The van der Waals surface area contributed by atoms with Crippen LogP contribution in [-0.2, 0) is 0 Å². The van der Waals surface area contributed by atoms with E-state index in [1.54, 1.807) is 5.38 Å². The van der Waals surface area contributed by atoms with E-state index in [1.165, 1.54) is 28.7 Å². The summed E-state index contributed by atoms with van der Waals surface area (Å²) in [6, 6.07) is 3.16. The maximum absolute atomic E-state index is 13.5. The van der Waals surface area contributed by atoms with Crippen molar-refractivity contribution in [1.82, 2.24) is 14.9 Å². The Morgan fingerprint density at radius 3 is 2.61 bits per heavy atom. The molecule has 0 aliphatic carbocycles. The van der Waals surface area contributed by atoms with Crippen molar-refractivity contribution in [2.45, 2.75) is 32.6 Å². The third kappa shape index (κ3) is 4.91. The molecule has 33 heavy (non-hydrogen) atoms. The molecule has 0 spiro atoms. The molecule has 1 aliphatic heterocycles. The monoisotopic (exact) mass is 489 g/mol. The summed E-state index contributed by atoms with van der Waals surface area (Å²) in [6.07, 6.45) is 1.47. The molecule has 2 amide bonds. The fourth-order valence-corrected chi connectivity index (χ4v) is 5.57. The number of halogens is 1. The zero-order valence-corrected chi connectivity index (χ0v) is 19.5. The average Bonchev–Trinajstić information content (AvgIpc) is 3.41. The van der Waals surface area contributed by atoms with E-state index in [0.29, 0.717) is 18.0 Å². The number of nitro benzene ring substituents is 1. The van der Waals surface area contributed by atoms with Gasteiger partial charge in [0.2, 0.25) is 5.82 Å². The number of carbonyl (C=O) groups excluding carboxylic acids is 2. The number of aryl methyl sites for hydroxylation is 2. The standard InChI is InChI=1S/C21H20FN5O4S2/c1-11-18(33-12(2)23-11)21(29)26-7-5-13(6-8-26)20-25-16(10-32-20)19(28)24-14-3-4-15(22)17(9-14)27(30)31/h3-4,9-10,13H,5-8H2,1-2H3,(H,24,28). The number of thiazole rings is 2. The molecule has 0 saturated carbocycles. The van der Waals surface area contributed by atoms with E-state index in [1.807, 2.05) is 18.7 Å². The van der Waals surface area contributed by atoms with Gasteiger partial charge in [-0.1, -0.05) is 0 Å². The van der Waals surface area contributed by atoms with Crippen LogP contribution in [0.1, 0.15) is 54.6 Å². The van der Waals surface area contributed by atoms with Gasteiger partial charge < -0.3 is 10.2 Å². The van der Waals surface area contributed by atoms with Gasteiger partial charge in [0.15, 0.2) is 0 Å². The SMILES string of the molecule is Cc1nc(C)c(C(=O)N2CCC(c3nc(C(=O)Nc4ccc(F)c([N+](=O)[O-])c4)cs3)CC2)s1. The number of benzene rings is 1. The van der Waals surface area contributed by atoms with E-state index in [9.17, 15) is 24.1 Å². The minimum Gasteiger partial charge on any atom is -0.338 e. The van der Waals surface area contributed by atoms with Crippen molar-refractivity contribution in [1.29, 1.82) is 0 Å². The smallest absolute Gasteiger partial charge is 0.306 e. The molecule has 4 rings (SSSR count). The van der Waals surface area contributed by atoms with Crippen LogP contribution in [0.4, 0.5) is 15.8 Å². The summed E-state index contributed by atoms with van der Waals surface area (Å²) in [4.78, 5) is 46.6. The van der Waals surface area contributed by atoms with Crippen molar-refractivity contribution < 1.29 is 18.9 Å². The molecule has 9 nitrogen and oxygen atoms in total. The summed E-state index contributed by atoms with van der Waals surface area (Å²) < 4.78 is 13.5. The average molecular weight is 490 g/mol. The van der Waals surface area contributed by atoms with Gasteiger partial charge in [-0.3, -0.25) is 19.7 Å². The van der Waals surface area contributed by atoms with Crippen LogP contribution >= 0.6 is 22.7 Å². The number of rotatable bonds is 5. The first-order valence-corrected chi connectivity index (χ1v) is 11.9. The fraction of sp³-hybridized carbons (Fsp3) is 0.333. The Bertz CT molecular complexity index is 1230. The second-order valence-electron chi connectivity index (χ2n) is 7.66. The number of carbonyl (C=O) groups is 2. The van der Waals surface area contributed by atoms with Crippen molar-refractivity contribution in [3.8, 4) is 0 Å². The molecule has 3 aromatic rings. The van der Waals surface area contributed by atoms with Crippen LogP contribution in [0.25, 0.3) is 0 Å². The minimum atomic E-state index is -0.973. The lowest BCUT2D eigenvalue weighted by Crippen LogP contribution is -2.37. The van der Waals surface area contributed by atoms with Gasteiger partial charge in [-0.05, 0) is 38.8 Å². The molecule has 1 fully saturated rings. The maximum Gasteiger partial charge on any atom is 0.306 e. The Hall–Kier alpha value is -3.25. The molecule has 0 bridgehead atoms. The van der Waals surface area contributed by atoms with Gasteiger partial charge in [-0.15, -0.1) is 22.7 Å². The maximum atomic E-state index is 13.5. The number of anilines is 1. The number of nitro groups is 1. The third-order valence-corrected chi connectivity index (χ3v) is 7.45. The number of piperidine rings is 1. The first-order valence-electron chi connectivity index (χ1n) is 10.2. The molecule has 3 heterocycles. The van der Waals surface area contributed by atoms with Gasteiger partial charge in [-0.25, -0.2) is 9.97 Å². The van der Waals surface area contributed by atoms with Crippen molar-refractivity contribution in [2.75, 3.05) is 18.4 Å². The lowest BCUT2D eigenvalue weighted by atomic mass is 9.97. The van der Waals surface area contributed by atoms with E-state index >= 15 is 0 Å². The van der Waals surface area contributed by atoms with Crippen LogP contribution in [0.5, 0.6) is 0 Å². The Balaban J connectivity index is 1.37. The zero-order valence-electron chi connectivity index (χ0n) is 17.8. The zero-order chi connectivity index (χ0) is 23.7. The van der Waals surface area contributed by atoms with Crippen LogP contribution in [0.2, 0.25) is 0 Å². The highest BCUT2D eigenvalue weighted by Gasteiger charge is 2.28. The second-order valence-corrected chi connectivity index (χ2v) is 9.76.